The van der Waals surface area contributed by atoms with Crippen molar-refractivity contribution in [2.45, 2.75) is 23.1 Å². The van der Waals surface area contributed by atoms with E-state index in [2.05, 4.69) is 5.10 Å². The van der Waals surface area contributed by atoms with E-state index in [0.717, 1.165) is 16.2 Å². The first kappa shape index (κ1) is 13.7. The lowest BCUT2D eigenvalue weighted by Crippen LogP contribution is -1.99. The number of aromatic nitrogens is 2. The summed E-state index contributed by atoms with van der Waals surface area (Å²) in [6.07, 6.45) is 4.44. The number of benzene rings is 1. The molecule has 0 aliphatic carbocycles. The lowest BCUT2D eigenvalue weighted by Gasteiger charge is -2.10. The van der Waals surface area contributed by atoms with Crippen LogP contribution in [0.1, 0.15) is 13.3 Å². The van der Waals surface area contributed by atoms with Crippen LogP contribution >= 0.6 is 11.8 Å². The van der Waals surface area contributed by atoms with Gasteiger partial charge in [0.1, 0.15) is 0 Å². The number of anilines is 1. The Morgan fingerprint density at radius 3 is 2.89 bits per heavy atom. The monoisotopic (exact) mass is 281 g/mol. The number of ether oxygens (including phenoxy) is 1. The molecular formula is C13H16FN3OS. The van der Waals surface area contributed by atoms with Gasteiger partial charge in [-0.25, -0.2) is 4.39 Å². The fourth-order valence-electron chi connectivity index (χ4n) is 1.54. The molecule has 0 fully saturated rings. The molecule has 6 heteroatoms. The summed E-state index contributed by atoms with van der Waals surface area (Å²) in [6.45, 7) is 2.46. The van der Waals surface area contributed by atoms with Gasteiger partial charge in [0.15, 0.2) is 11.6 Å². The molecule has 0 saturated carbocycles. The van der Waals surface area contributed by atoms with E-state index in [4.69, 9.17) is 10.5 Å². The van der Waals surface area contributed by atoms with Crippen LogP contribution in [0, 0.1) is 5.82 Å². The number of nitrogen functional groups attached to an aromatic ring is 1. The van der Waals surface area contributed by atoms with Gasteiger partial charge in [-0.3, -0.25) is 4.68 Å². The normalized spacial score (nSPS) is 10.7. The van der Waals surface area contributed by atoms with Gasteiger partial charge in [-0.2, -0.15) is 5.10 Å². The quantitative estimate of drug-likeness (QED) is 0.856. The standard InChI is InChI=1S/C13H16FN3OS/c1-3-4-18-12-6-13(11(15)5-10(12)14)19-9-7-16-17(2)8-9/h5-8H,3-4,15H2,1-2H3. The van der Waals surface area contributed by atoms with Crippen molar-refractivity contribution in [3.63, 3.8) is 0 Å². The predicted octanol–water partition coefficient (Wildman–Crippen LogP) is 3.08. The van der Waals surface area contributed by atoms with Crippen molar-refractivity contribution in [1.82, 2.24) is 9.78 Å². The van der Waals surface area contributed by atoms with Gasteiger partial charge >= 0.3 is 0 Å². The molecule has 1 heterocycles. The third-order valence-corrected chi connectivity index (χ3v) is 3.45. The van der Waals surface area contributed by atoms with Crippen LogP contribution in [0.2, 0.25) is 0 Å². The van der Waals surface area contributed by atoms with Crippen LogP contribution < -0.4 is 10.5 Å². The van der Waals surface area contributed by atoms with Crippen LogP contribution in [-0.2, 0) is 7.05 Å². The highest BCUT2D eigenvalue weighted by Gasteiger charge is 2.11. The Bertz CT molecular complexity index is 571. The number of aryl methyl sites for hydroxylation is 1. The molecule has 0 unspecified atom stereocenters. The summed E-state index contributed by atoms with van der Waals surface area (Å²) in [7, 11) is 1.84. The Hall–Kier alpha value is -1.69. The molecule has 0 spiro atoms. The molecule has 2 N–H and O–H groups in total. The van der Waals surface area contributed by atoms with E-state index >= 15 is 0 Å². The molecule has 1 aromatic heterocycles. The molecule has 2 rings (SSSR count). The van der Waals surface area contributed by atoms with Gasteiger partial charge in [0.05, 0.1) is 17.7 Å². The number of hydrogen-bond acceptors (Lipinski definition) is 4. The SMILES string of the molecule is CCCOc1cc(Sc2cnn(C)c2)c(N)cc1F. The second-order valence-corrected chi connectivity index (χ2v) is 5.24. The lowest BCUT2D eigenvalue weighted by atomic mass is 10.3. The van der Waals surface area contributed by atoms with E-state index in [1.54, 1.807) is 16.9 Å². The van der Waals surface area contributed by atoms with E-state index in [1.807, 2.05) is 20.2 Å². The van der Waals surface area contributed by atoms with Crippen LogP contribution in [0.3, 0.4) is 0 Å². The predicted molar refractivity (Wildman–Crippen MR) is 73.9 cm³/mol. The van der Waals surface area contributed by atoms with Crippen molar-refractivity contribution in [3.8, 4) is 5.75 Å². The average Bonchev–Trinajstić information content (AvgIpc) is 2.77. The summed E-state index contributed by atoms with van der Waals surface area (Å²) in [4.78, 5) is 1.71. The Labute approximate surface area is 115 Å². The number of nitrogens with two attached hydrogens (primary N) is 1. The van der Waals surface area contributed by atoms with Crippen LogP contribution in [-0.4, -0.2) is 16.4 Å². The van der Waals surface area contributed by atoms with E-state index in [-0.39, 0.29) is 5.75 Å². The first-order chi connectivity index (χ1) is 9.10. The fourth-order valence-corrected chi connectivity index (χ4v) is 2.44. The molecule has 2 aromatic rings. The molecule has 0 atom stereocenters. The van der Waals surface area contributed by atoms with Gasteiger partial charge in [0.2, 0.25) is 0 Å². The van der Waals surface area contributed by atoms with Gasteiger partial charge in [-0.1, -0.05) is 18.7 Å². The van der Waals surface area contributed by atoms with Crippen LogP contribution in [0.4, 0.5) is 10.1 Å². The van der Waals surface area contributed by atoms with Gasteiger partial charge in [-0.05, 0) is 12.5 Å². The second-order valence-electron chi connectivity index (χ2n) is 4.12. The first-order valence-corrected chi connectivity index (χ1v) is 6.80. The number of hydrogen-bond donors (Lipinski definition) is 1. The van der Waals surface area contributed by atoms with Gasteiger partial charge in [0, 0.05) is 29.9 Å². The van der Waals surface area contributed by atoms with Crippen molar-refractivity contribution in [1.29, 1.82) is 0 Å². The minimum absolute atomic E-state index is 0.238. The number of nitrogens with zero attached hydrogens (tertiary/aromatic N) is 2. The summed E-state index contributed by atoms with van der Waals surface area (Å²) in [5.41, 5.74) is 6.23. The summed E-state index contributed by atoms with van der Waals surface area (Å²) in [5, 5.41) is 4.08. The van der Waals surface area contributed by atoms with Gasteiger partial charge < -0.3 is 10.5 Å². The van der Waals surface area contributed by atoms with Gasteiger partial charge in [0.25, 0.3) is 0 Å². The zero-order valence-corrected chi connectivity index (χ0v) is 11.7. The Balaban J connectivity index is 2.24. The molecule has 4 nitrogen and oxygen atoms in total. The summed E-state index contributed by atoms with van der Waals surface area (Å²) in [6, 6.07) is 2.93. The molecule has 0 radical (unpaired) electrons. The lowest BCUT2D eigenvalue weighted by molar-refractivity contribution is 0.300. The molecule has 0 aliphatic rings. The molecule has 102 valence electrons. The Morgan fingerprint density at radius 2 is 2.26 bits per heavy atom. The Kier molecular flexibility index (Phi) is 4.31. The highest BCUT2D eigenvalue weighted by molar-refractivity contribution is 7.99. The highest BCUT2D eigenvalue weighted by Crippen LogP contribution is 2.35. The molecule has 1 aromatic carbocycles. The van der Waals surface area contributed by atoms with Crippen LogP contribution in [0.15, 0.2) is 34.3 Å². The van der Waals surface area contributed by atoms with Crippen molar-refractivity contribution < 1.29 is 9.13 Å². The topological polar surface area (TPSA) is 53.1 Å². The fraction of sp³-hybridized carbons (Fsp3) is 0.308. The van der Waals surface area contributed by atoms with E-state index in [9.17, 15) is 4.39 Å². The van der Waals surface area contributed by atoms with Crippen LogP contribution in [0.5, 0.6) is 5.75 Å². The smallest absolute Gasteiger partial charge is 0.167 e. The minimum atomic E-state index is -0.429. The molecule has 0 bridgehead atoms. The summed E-state index contributed by atoms with van der Waals surface area (Å²) < 4.78 is 20.7. The maximum atomic E-state index is 13.7. The van der Waals surface area contributed by atoms with Crippen molar-refractivity contribution in [2.24, 2.45) is 7.05 Å². The largest absolute Gasteiger partial charge is 0.490 e. The van der Waals surface area contributed by atoms with Crippen molar-refractivity contribution >= 4 is 17.4 Å². The maximum Gasteiger partial charge on any atom is 0.167 e. The van der Waals surface area contributed by atoms with Crippen LogP contribution in [0.25, 0.3) is 0 Å². The third kappa shape index (κ3) is 3.41. The highest BCUT2D eigenvalue weighted by atomic mass is 32.2. The first-order valence-electron chi connectivity index (χ1n) is 5.98. The molecule has 0 saturated heterocycles. The molecular weight excluding hydrogens is 265 g/mol. The maximum absolute atomic E-state index is 13.7. The van der Waals surface area contributed by atoms with E-state index in [1.165, 1.54) is 17.8 Å². The average molecular weight is 281 g/mol. The third-order valence-electron chi connectivity index (χ3n) is 2.44. The molecule has 19 heavy (non-hydrogen) atoms. The van der Waals surface area contributed by atoms with Crippen molar-refractivity contribution in [2.75, 3.05) is 12.3 Å². The number of halogens is 1. The summed E-state index contributed by atoms with van der Waals surface area (Å²) in [5.74, 6) is -0.191. The zero-order chi connectivity index (χ0) is 13.8. The zero-order valence-electron chi connectivity index (χ0n) is 10.9. The van der Waals surface area contributed by atoms with Gasteiger partial charge in [-0.15, -0.1) is 0 Å². The Morgan fingerprint density at radius 1 is 1.47 bits per heavy atom. The summed E-state index contributed by atoms with van der Waals surface area (Å²) >= 11 is 1.44. The van der Waals surface area contributed by atoms with E-state index in [0.29, 0.717) is 12.3 Å². The van der Waals surface area contributed by atoms with E-state index < -0.39 is 5.82 Å². The molecule has 0 amide bonds. The molecule has 0 aliphatic heterocycles. The second kappa shape index (κ2) is 5.97. The van der Waals surface area contributed by atoms with Crippen molar-refractivity contribution in [3.05, 3.63) is 30.3 Å². The number of rotatable bonds is 5. The minimum Gasteiger partial charge on any atom is -0.490 e.